The maximum Gasteiger partial charge on any atom is 0.266 e. The van der Waals surface area contributed by atoms with Crippen molar-refractivity contribution in [1.29, 1.82) is 0 Å². The Hall–Kier alpha value is -3.73. The molecule has 1 heterocycles. The third-order valence-corrected chi connectivity index (χ3v) is 5.05. The SMILES string of the molecule is Cc1ccc(-c2ccc(=O)n(CCCC(=O)Nc3cccc4ccccc34)n2)cc1. The Kier molecular flexibility index (Phi) is 5.70. The highest BCUT2D eigenvalue weighted by Gasteiger charge is 2.08. The van der Waals surface area contributed by atoms with Gasteiger partial charge in [0.1, 0.15) is 0 Å². The van der Waals surface area contributed by atoms with Gasteiger partial charge in [0.25, 0.3) is 5.56 Å². The van der Waals surface area contributed by atoms with Crippen LogP contribution in [0.2, 0.25) is 0 Å². The molecule has 1 aromatic heterocycles. The molecule has 0 aliphatic heterocycles. The van der Waals surface area contributed by atoms with Crippen LogP contribution in [0.3, 0.4) is 0 Å². The van der Waals surface area contributed by atoms with Crippen LogP contribution in [0, 0.1) is 6.92 Å². The van der Waals surface area contributed by atoms with Crippen LogP contribution in [0.25, 0.3) is 22.0 Å². The van der Waals surface area contributed by atoms with Gasteiger partial charge in [-0.25, -0.2) is 4.68 Å². The van der Waals surface area contributed by atoms with Gasteiger partial charge in [0.15, 0.2) is 0 Å². The predicted octanol–water partition coefficient (Wildman–Crippen LogP) is 4.79. The summed E-state index contributed by atoms with van der Waals surface area (Å²) in [4.78, 5) is 24.6. The number of carbonyl (C=O) groups excluding carboxylic acids is 1. The molecule has 0 unspecified atom stereocenters. The first-order valence-electron chi connectivity index (χ1n) is 10.0. The number of aromatic nitrogens is 2. The topological polar surface area (TPSA) is 64.0 Å². The summed E-state index contributed by atoms with van der Waals surface area (Å²) in [6, 6.07) is 25.1. The molecule has 0 aliphatic rings. The lowest BCUT2D eigenvalue weighted by Crippen LogP contribution is -2.23. The van der Waals surface area contributed by atoms with Gasteiger partial charge in [-0.3, -0.25) is 9.59 Å². The van der Waals surface area contributed by atoms with Gasteiger partial charge in [-0.2, -0.15) is 5.10 Å². The second kappa shape index (κ2) is 8.74. The van der Waals surface area contributed by atoms with Crippen LogP contribution in [-0.2, 0) is 11.3 Å². The molecule has 0 spiro atoms. The van der Waals surface area contributed by atoms with Gasteiger partial charge in [-0.1, -0.05) is 66.2 Å². The Morgan fingerprint density at radius 1 is 0.933 bits per heavy atom. The molecule has 0 saturated carbocycles. The molecule has 5 nitrogen and oxygen atoms in total. The Labute approximate surface area is 175 Å². The number of nitrogens with zero attached hydrogens (tertiary/aromatic N) is 2. The maximum absolute atomic E-state index is 12.4. The van der Waals surface area contributed by atoms with Crippen LogP contribution in [0.4, 0.5) is 5.69 Å². The highest BCUT2D eigenvalue weighted by Crippen LogP contribution is 2.23. The van der Waals surface area contributed by atoms with Crippen molar-refractivity contribution in [2.75, 3.05) is 5.32 Å². The molecule has 30 heavy (non-hydrogen) atoms. The normalized spacial score (nSPS) is 10.8. The summed E-state index contributed by atoms with van der Waals surface area (Å²) in [6.07, 6.45) is 0.840. The summed E-state index contributed by atoms with van der Waals surface area (Å²) in [5.41, 5.74) is 3.51. The van der Waals surface area contributed by atoms with Crippen LogP contribution in [0.5, 0.6) is 0 Å². The largest absolute Gasteiger partial charge is 0.326 e. The minimum Gasteiger partial charge on any atom is -0.326 e. The van der Waals surface area contributed by atoms with Gasteiger partial charge in [-0.05, 0) is 30.9 Å². The van der Waals surface area contributed by atoms with E-state index in [-0.39, 0.29) is 11.5 Å². The number of anilines is 1. The number of benzene rings is 3. The van der Waals surface area contributed by atoms with E-state index in [0.29, 0.717) is 19.4 Å². The zero-order valence-corrected chi connectivity index (χ0v) is 16.8. The van der Waals surface area contributed by atoms with Crippen LogP contribution >= 0.6 is 0 Å². The molecular formula is C25H23N3O2. The van der Waals surface area contributed by atoms with Crippen molar-refractivity contribution in [3.8, 4) is 11.3 Å². The van der Waals surface area contributed by atoms with Crippen LogP contribution in [0.1, 0.15) is 18.4 Å². The molecule has 0 radical (unpaired) electrons. The monoisotopic (exact) mass is 397 g/mol. The fourth-order valence-electron chi connectivity index (χ4n) is 3.42. The molecule has 0 fully saturated rings. The minimum absolute atomic E-state index is 0.0749. The molecule has 150 valence electrons. The third kappa shape index (κ3) is 4.46. The molecule has 3 aromatic carbocycles. The van der Waals surface area contributed by atoms with Crippen molar-refractivity contribution in [3.05, 3.63) is 94.8 Å². The van der Waals surface area contributed by atoms with E-state index in [2.05, 4.69) is 10.4 Å². The number of hydrogen-bond acceptors (Lipinski definition) is 3. The van der Waals surface area contributed by atoms with Crippen molar-refractivity contribution in [1.82, 2.24) is 9.78 Å². The van der Waals surface area contributed by atoms with E-state index < -0.39 is 0 Å². The summed E-state index contributed by atoms with van der Waals surface area (Å²) in [5, 5.41) is 9.54. The second-order valence-corrected chi connectivity index (χ2v) is 7.32. The number of amides is 1. The lowest BCUT2D eigenvalue weighted by atomic mass is 10.1. The van der Waals surface area contributed by atoms with E-state index in [1.165, 1.54) is 16.3 Å². The summed E-state index contributed by atoms with van der Waals surface area (Å²) >= 11 is 0. The lowest BCUT2D eigenvalue weighted by molar-refractivity contribution is -0.116. The first kappa shape index (κ1) is 19.6. The average Bonchev–Trinajstić information content (AvgIpc) is 2.76. The molecule has 1 N–H and O–H groups in total. The van der Waals surface area contributed by atoms with Gasteiger partial charge in [0.05, 0.1) is 5.69 Å². The Morgan fingerprint density at radius 3 is 2.53 bits per heavy atom. The summed E-state index contributed by atoms with van der Waals surface area (Å²) in [7, 11) is 0. The minimum atomic E-state index is -0.166. The van der Waals surface area contributed by atoms with E-state index in [9.17, 15) is 9.59 Å². The number of aryl methyl sites for hydroxylation is 2. The fourth-order valence-corrected chi connectivity index (χ4v) is 3.42. The van der Waals surface area contributed by atoms with Crippen molar-refractivity contribution >= 4 is 22.4 Å². The van der Waals surface area contributed by atoms with E-state index >= 15 is 0 Å². The van der Waals surface area contributed by atoms with Gasteiger partial charge in [0, 0.05) is 35.7 Å². The number of carbonyl (C=O) groups is 1. The average molecular weight is 397 g/mol. The van der Waals surface area contributed by atoms with E-state index in [1.807, 2.05) is 73.7 Å². The standard InChI is InChI=1S/C25H23N3O2/c1-18-11-13-20(14-12-18)22-15-16-25(30)28(27-22)17-5-10-24(29)26-23-9-4-7-19-6-2-3-8-21(19)23/h2-4,6-9,11-16H,5,10,17H2,1H3,(H,26,29). The smallest absolute Gasteiger partial charge is 0.266 e. The Bertz CT molecular complexity index is 1240. The van der Waals surface area contributed by atoms with Crippen LogP contribution < -0.4 is 10.9 Å². The Morgan fingerprint density at radius 2 is 1.70 bits per heavy atom. The van der Waals surface area contributed by atoms with E-state index in [0.717, 1.165) is 27.7 Å². The number of fused-ring (bicyclic) bond motifs is 1. The molecular weight excluding hydrogens is 374 g/mol. The molecule has 5 heteroatoms. The summed E-state index contributed by atoms with van der Waals surface area (Å²) in [6.45, 7) is 2.42. The molecule has 0 aliphatic carbocycles. The van der Waals surface area contributed by atoms with E-state index in [4.69, 9.17) is 0 Å². The van der Waals surface area contributed by atoms with Gasteiger partial charge in [-0.15, -0.1) is 0 Å². The first-order chi connectivity index (χ1) is 14.6. The van der Waals surface area contributed by atoms with E-state index in [1.54, 1.807) is 6.07 Å². The summed E-state index contributed by atoms with van der Waals surface area (Å²) in [5.74, 6) is -0.0749. The number of hydrogen-bond donors (Lipinski definition) is 1. The van der Waals surface area contributed by atoms with Crippen LogP contribution in [0.15, 0.2) is 83.7 Å². The fraction of sp³-hybridized carbons (Fsp3) is 0.160. The number of rotatable bonds is 6. The number of nitrogens with one attached hydrogen (secondary N) is 1. The highest BCUT2D eigenvalue weighted by molar-refractivity contribution is 6.02. The molecule has 4 aromatic rings. The Balaban J connectivity index is 1.40. The zero-order valence-electron chi connectivity index (χ0n) is 16.8. The molecule has 0 bridgehead atoms. The van der Waals surface area contributed by atoms with Gasteiger partial charge >= 0.3 is 0 Å². The summed E-state index contributed by atoms with van der Waals surface area (Å²) < 4.78 is 1.43. The first-order valence-corrected chi connectivity index (χ1v) is 10.0. The predicted molar refractivity (Wildman–Crippen MR) is 120 cm³/mol. The highest BCUT2D eigenvalue weighted by atomic mass is 16.1. The molecule has 4 rings (SSSR count). The van der Waals surface area contributed by atoms with Crippen LogP contribution in [-0.4, -0.2) is 15.7 Å². The van der Waals surface area contributed by atoms with Crippen molar-refractivity contribution in [3.63, 3.8) is 0 Å². The van der Waals surface area contributed by atoms with Crippen molar-refractivity contribution in [2.24, 2.45) is 0 Å². The van der Waals surface area contributed by atoms with Crippen molar-refractivity contribution < 1.29 is 4.79 Å². The lowest BCUT2D eigenvalue weighted by Gasteiger charge is -2.10. The van der Waals surface area contributed by atoms with Gasteiger partial charge < -0.3 is 5.32 Å². The molecule has 0 atom stereocenters. The quantitative estimate of drug-likeness (QED) is 0.509. The third-order valence-electron chi connectivity index (χ3n) is 5.05. The zero-order chi connectivity index (χ0) is 20.9. The van der Waals surface area contributed by atoms with Gasteiger partial charge in [0.2, 0.25) is 5.91 Å². The molecule has 1 amide bonds. The second-order valence-electron chi connectivity index (χ2n) is 7.32. The maximum atomic E-state index is 12.4. The van der Waals surface area contributed by atoms with Crippen molar-refractivity contribution in [2.45, 2.75) is 26.3 Å². The molecule has 0 saturated heterocycles.